The number of carbonyl (C=O) groups excluding carboxylic acids is 2. The van der Waals surface area contributed by atoms with E-state index >= 15 is 0 Å². The second-order valence-corrected chi connectivity index (χ2v) is 7.08. The lowest BCUT2D eigenvalue weighted by Crippen LogP contribution is -2.34. The van der Waals surface area contributed by atoms with Crippen LogP contribution in [0, 0.1) is 5.92 Å². The monoisotopic (exact) mass is 354 g/mol. The van der Waals surface area contributed by atoms with Crippen molar-refractivity contribution in [3.05, 3.63) is 36.0 Å². The van der Waals surface area contributed by atoms with E-state index < -0.39 is 0 Å². The molecule has 0 spiro atoms. The van der Waals surface area contributed by atoms with E-state index in [1.165, 1.54) is 9.47 Å². The molecule has 2 amide bonds. The molecule has 0 bridgehead atoms. The average molecular weight is 354 g/mol. The van der Waals surface area contributed by atoms with Crippen LogP contribution in [0.15, 0.2) is 30.3 Å². The van der Waals surface area contributed by atoms with Crippen LogP contribution in [-0.4, -0.2) is 46.6 Å². The van der Waals surface area contributed by atoms with Gasteiger partial charge in [0.2, 0.25) is 0 Å². The molecule has 1 unspecified atom stereocenters. The van der Waals surface area contributed by atoms with Crippen LogP contribution in [-0.2, 0) is 7.05 Å². The van der Waals surface area contributed by atoms with Crippen LogP contribution in [0.2, 0.25) is 0 Å². The summed E-state index contributed by atoms with van der Waals surface area (Å²) in [5.41, 5.74) is 3.05. The number of carbonyl (C=O) groups is 2. The minimum atomic E-state index is -0.231. The number of fused-ring (bicyclic) bond motifs is 3. The first kappa shape index (κ1) is 18.0. The van der Waals surface area contributed by atoms with Crippen LogP contribution < -0.4 is 5.32 Å². The zero-order valence-corrected chi connectivity index (χ0v) is 16.0. The van der Waals surface area contributed by atoms with Gasteiger partial charge in [-0.1, -0.05) is 38.5 Å². The van der Waals surface area contributed by atoms with Gasteiger partial charge in [-0.15, -0.1) is 0 Å². The second kappa shape index (κ2) is 6.86. The number of rotatable bonds is 4. The maximum atomic E-state index is 12.9. The number of para-hydroxylation sites is 1. The first-order valence-corrected chi connectivity index (χ1v) is 8.95. The van der Waals surface area contributed by atoms with E-state index in [0.29, 0.717) is 18.2 Å². The largest absolute Gasteiger partial charge is 0.350 e. The molecule has 0 aliphatic heterocycles. The maximum Gasteiger partial charge on any atom is 0.328 e. The zero-order chi connectivity index (χ0) is 19.0. The fourth-order valence-electron chi connectivity index (χ4n) is 3.18. The van der Waals surface area contributed by atoms with Crippen molar-refractivity contribution in [1.82, 2.24) is 19.4 Å². The molecule has 0 saturated heterocycles. The Balaban J connectivity index is 2.20. The molecule has 0 aliphatic carbocycles. The Hall–Kier alpha value is -2.76. The van der Waals surface area contributed by atoms with Crippen LogP contribution in [0.25, 0.3) is 21.9 Å². The van der Waals surface area contributed by atoms with Crippen LogP contribution in [0.3, 0.4) is 0 Å². The zero-order valence-electron chi connectivity index (χ0n) is 16.0. The molecule has 1 aromatic carbocycles. The number of nitrogens with zero attached hydrogens (tertiary/aromatic N) is 3. The lowest BCUT2D eigenvalue weighted by atomic mass is 10.1. The molecule has 3 rings (SSSR count). The highest BCUT2D eigenvalue weighted by Crippen LogP contribution is 2.31. The van der Waals surface area contributed by atoms with Gasteiger partial charge in [-0.3, -0.25) is 9.36 Å². The molecule has 1 N–H and O–H groups in total. The number of aromatic nitrogens is 2. The van der Waals surface area contributed by atoms with Gasteiger partial charge in [0.1, 0.15) is 5.69 Å². The van der Waals surface area contributed by atoms with E-state index in [9.17, 15) is 9.59 Å². The highest BCUT2D eigenvalue weighted by molar-refractivity contribution is 6.14. The predicted octanol–water partition coefficient (Wildman–Crippen LogP) is 3.44. The fraction of sp³-hybridized carbons (Fsp3) is 0.400. The number of hydrogen-bond acceptors (Lipinski definition) is 2. The minimum Gasteiger partial charge on any atom is -0.350 e. The first-order valence-electron chi connectivity index (χ1n) is 8.95. The topological polar surface area (TPSA) is 59.3 Å². The Morgan fingerprint density at radius 3 is 2.54 bits per heavy atom. The highest BCUT2D eigenvalue weighted by atomic mass is 16.2. The number of hydrogen-bond donors (Lipinski definition) is 1. The molecular weight excluding hydrogens is 328 g/mol. The minimum absolute atomic E-state index is 0.221. The summed E-state index contributed by atoms with van der Waals surface area (Å²) >= 11 is 0. The van der Waals surface area contributed by atoms with Crippen molar-refractivity contribution >= 4 is 33.9 Å². The average Bonchev–Trinajstić information content (AvgIpc) is 3.15. The Morgan fingerprint density at radius 2 is 1.88 bits per heavy atom. The normalized spacial score (nSPS) is 12.5. The summed E-state index contributed by atoms with van der Waals surface area (Å²) in [6, 6.07) is 9.49. The summed E-state index contributed by atoms with van der Waals surface area (Å²) in [4.78, 5) is 27.2. The van der Waals surface area contributed by atoms with Crippen molar-refractivity contribution in [2.45, 2.75) is 20.3 Å². The van der Waals surface area contributed by atoms with Gasteiger partial charge in [-0.2, -0.15) is 0 Å². The van der Waals surface area contributed by atoms with Crippen LogP contribution in [0.4, 0.5) is 4.79 Å². The number of aryl methyl sites for hydroxylation is 1. The molecule has 0 radical (unpaired) electrons. The molecule has 6 heteroatoms. The molecule has 26 heavy (non-hydrogen) atoms. The molecule has 1 atom stereocenters. The molecular formula is C20H26N4O2. The first-order chi connectivity index (χ1) is 12.4. The van der Waals surface area contributed by atoms with Crippen molar-refractivity contribution in [2.75, 3.05) is 20.6 Å². The van der Waals surface area contributed by atoms with Crippen molar-refractivity contribution in [2.24, 2.45) is 13.0 Å². The van der Waals surface area contributed by atoms with E-state index in [0.717, 1.165) is 28.4 Å². The Bertz CT molecular complexity index is 981. The molecule has 2 heterocycles. The summed E-state index contributed by atoms with van der Waals surface area (Å²) in [7, 11) is 5.34. The van der Waals surface area contributed by atoms with Crippen molar-refractivity contribution in [3.63, 3.8) is 0 Å². The van der Waals surface area contributed by atoms with E-state index in [1.54, 1.807) is 14.1 Å². The molecule has 3 aromatic rings. The van der Waals surface area contributed by atoms with Gasteiger partial charge in [-0.05, 0) is 18.1 Å². The number of amides is 2. The van der Waals surface area contributed by atoms with E-state index in [4.69, 9.17) is 0 Å². The van der Waals surface area contributed by atoms with Gasteiger partial charge in [-0.25, -0.2) is 4.79 Å². The smallest absolute Gasteiger partial charge is 0.328 e. The Morgan fingerprint density at radius 1 is 1.19 bits per heavy atom. The fourth-order valence-corrected chi connectivity index (χ4v) is 3.18. The van der Waals surface area contributed by atoms with Gasteiger partial charge in [0.05, 0.1) is 16.6 Å². The summed E-state index contributed by atoms with van der Waals surface area (Å²) in [5.74, 6) is 0.169. The SMILES string of the molecule is CCC(C)CNC(=O)c1cc2c(c3ccccc3n2C)n1C(=O)N(C)C. The van der Waals surface area contributed by atoms with Gasteiger partial charge in [0, 0.05) is 33.1 Å². The van der Waals surface area contributed by atoms with Gasteiger partial charge in [0.15, 0.2) is 0 Å². The van der Waals surface area contributed by atoms with Crippen molar-refractivity contribution in [1.29, 1.82) is 0 Å². The van der Waals surface area contributed by atoms with Crippen molar-refractivity contribution < 1.29 is 9.59 Å². The Kier molecular flexibility index (Phi) is 4.76. The molecule has 0 aliphatic rings. The summed E-state index contributed by atoms with van der Waals surface area (Å²) in [5, 5.41) is 3.92. The quantitative estimate of drug-likeness (QED) is 0.780. The second-order valence-electron chi connectivity index (χ2n) is 7.08. The summed E-state index contributed by atoms with van der Waals surface area (Å²) in [6.07, 6.45) is 0.991. The third-order valence-electron chi connectivity index (χ3n) is 4.98. The molecule has 138 valence electrons. The predicted molar refractivity (Wildman–Crippen MR) is 105 cm³/mol. The van der Waals surface area contributed by atoms with Crippen LogP contribution in [0.5, 0.6) is 0 Å². The Labute approximate surface area is 153 Å². The standard InChI is InChI=1S/C20H26N4O2/c1-6-13(2)12-21-19(25)17-11-16-18(24(17)20(26)22(3)4)14-9-7-8-10-15(14)23(16)5/h7-11,13H,6,12H2,1-5H3,(H,21,25). The molecule has 6 nitrogen and oxygen atoms in total. The molecule has 0 saturated carbocycles. The number of nitrogens with one attached hydrogen (secondary N) is 1. The maximum absolute atomic E-state index is 12.9. The lowest BCUT2D eigenvalue weighted by molar-refractivity contribution is 0.0939. The highest BCUT2D eigenvalue weighted by Gasteiger charge is 2.25. The molecule has 2 aromatic heterocycles. The van der Waals surface area contributed by atoms with Gasteiger partial charge >= 0.3 is 6.03 Å². The van der Waals surface area contributed by atoms with Crippen LogP contribution in [0.1, 0.15) is 30.8 Å². The molecule has 0 fully saturated rings. The lowest BCUT2D eigenvalue weighted by Gasteiger charge is -2.16. The van der Waals surface area contributed by atoms with E-state index in [-0.39, 0.29) is 11.9 Å². The third kappa shape index (κ3) is 2.85. The number of benzene rings is 1. The van der Waals surface area contributed by atoms with Gasteiger partial charge < -0.3 is 14.8 Å². The third-order valence-corrected chi connectivity index (χ3v) is 4.98. The summed E-state index contributed by atoms with van der Waals surface area (Å²) < 4.78 is 3.55. The van der Waals surface area contributed by atoms with Crippen molar-refractivity contribution in [3.8, 4) is 0 Å². The van der Waals surface area contributed by atoms with Gasteiger partial charge in [0.25, 0.3) is 5.91 Å². The van der Waals surface area contributed by atoms with E-state index in [2.05, 4.69) is 19.2 Å². The van der Waals surface area contributed by atoms with Crippen LogP contribution >= 0.6 is 0 Å². The van der Waals surface area contributed by atoms with E-state index in [1.807, 2.05) is 41.9 Å². The summed E-state index contributed by atoms with van der Waals surface area (Å²) in [6.45, 7) is 4.78.